The van der Waals surface area contributed by atoms with Crippen molar-refractivity contribution in [1.82, 2.24) is 10.4 Å². The number of nitrogens with two attached hydrogens (primary N) is 1. The first-order valence-corrected chi connectivity index (χ1v) is 6.71. The fourth-order valence-corrected chi connectivity index (χ4v) is 2.99. The van der Waals surface area contributed by atoms with E-state index < -0.39 is 0 Å². The van der Waals surface area contributed by atoms with Gasteiger partial charge in [-0.3, -0.25) is 16.3 Å². The summed E-state index contributed by atoms with van der Waals surface area (Å²) < 4.78 is 0. The van der Waals surface area contributed by atoms with Gasteiger partial charge in [0.05, 0.1) is 6.04 Å². The molecule has 0 aromatic carbocycles. The molecule has 1 aliphatic rings. The van der Waals surface area contributed by atoms with Gasteiger partial charge in [-0.25, -0.2) is 0 Å². The van der Waals surface area contributed by atoms with E-state index in [0.29, 0.717) is 5.92 Å². The molecule has 1 unspecified atom stereocenters. The summed E-state index contributed by atoms with van der Waals surface area (Å²) in [6.07, 6.45) is 10.3. The minimum atomic E-state index is 0.265. The van der Waals surface area contributed by atoms with Crippen molar-refractivity contribution in [3.05, 3.63) is 30.1 Å². The first-order valence-electron chi connectivity index (χ1n) is 6.71. The lowest BCUT2D eigenvalue weighted by molar-refractivity contribution is 0.219. The van der Waals surface area contributed by atoms with E-state index in [9.17, 15) is 0 Å². The van der Waals surface area contributed by atoms with Gasteiger partial charge in [0.1, 0.15) is 0 Å². The number of nitrogens with one attached hydrogen (secondary N) is 1. The molecule has 3 N–H and O–H groups in total. The number of nitrogens with zero attached hydrogens (tertiary/aromatic N) is 1. The van der Waals surface area contributed by atoms with Crippen LogP contribution in [-0.2, 0) is 0 Å². The minimum Gasteiger partial charge on any atom is -0.271 e. The molecule has 0 amide bonds. The summed E-state index contributed by atoms with van der Waals surface area (Å²) in [5.74, 6) is 7.31. The molecule has 17 heavy (non-hydrogen) atoms. The first-order chi connectivity index (χ1) is 8.35. The van der Waals surface area contributed by atoms with Gasteiger partial charge in [0, 0.05) is 12.4 Å². The standard InChI is InChI=1S/C14H23N3/c1-2-11-5-7-12(8-6-11)14(17-15)13-4-3-9-16-10-13/h3-4,9-12,14,17H,2,5-8,15H2,1H3. The Morgan fingerprint density at radius 3 is 2.71 bits per heavy atom. The van der Waals surface area contributed by atoms with Crippen molar-refractivity contribution < 1.29 is 0 Å². The molecule has 0 aliphatic heterocycles. The zero-order chi connectivity index (χ0) is 12.1. The Bertz CT molecular complexity index is 317. The number of rotatable bonds is 4. The number of hydrogen-bond donors (Lipinski definition) is 2. The van der Waals surface area contributed by atoms with Crippen LogP contribution in [0.1, 0.15) is 50.6 Å². The predicted octanol–water partition coefficient (Wildman–Crippen LogP) is 2.80. The average Bonchev–Trinajstić information content (AvgIpc) is 2.42. The zero-order valence-electron chi connectivity index (χ0n) is 10.6. The normalized spacial score (nSPS) is 26.7. The Hall–Kier alpha value is -0.930. The SMILES string of the molecule is CCC1CCC(C(NN)c2cccnc2)CC1. The topological polar surface area (TPSA) is 50.9 Å². The maximum Gasteiger partial charge on any atom is 0.0503 e. The molecule has 1 aromatic rings. The van der Waals surface area contributed by atoms with Crippen molar-refractivity contribution in [2.45, 2.75) is 45.1 Å². The highest BCUT2D eigenvalue weighted by molar-refractivity contribution is 5.14. The highest BCUT2D eigenvalue weighted by Crippen LogP contribution is 2.37. The molecule has 1 saturated carbocycles. The number of aromatic nitrogens is 1. The van der Waals surface area contributed by atoms with Crippen LogP contribution in [0.25, 0.3) is 0 Å². The van der Waals surface area contributed by atoms with E-state index in [2.05, 4.69) is 23.4 Å². The van der Waals surface area contributed by atoms with Gasteiger partial charge in [-0.15, -0.1) is 0 Å². The monoisotopic (exact) mass is 233 g/mol. The van der Waals surface area contributed by atoms with Gasteiger partial charge in [0.25, 0.3) is 0 Å². The van der Waals surface area contributed by atoms with E-state index in [0.717, 1.165) is 5.92 Å². The summed E-state index contributed by atoms with van der Waals surface area (Å²) in [5.41, 5.74) is 4.20. The Morgan fingerprint density at radius 2 is 2.18 bits per heavy atom. The quantitative estimate of drug-likeness (QED) is 0.621. The van der Waals surface area contributed by atoms with Gasteiger partial charge < -0.3 is 0 Å². The molecular weight excluding hydrogens is 210 g/mol. The van der Waals surface area contributed by atoms with E-state index in [1.54, 1.807) is 0 Å². The average molecular weight is 233 g/mol. The third kappa shape index (κ3) is 3.05. The van der Waals surface area contributed by atoms with Crippen LogP contribution in [0.5, 0.6) is 0 Å². The highest BCUT2D eigenvalue weighted by atomic mass is 15.2. The molecule has 0 bridgehead atoms. The van der Waals surface area contributed by atoms with Crippen molar-refractivity contribution in [3.63, 3.8) is 0 Å². The summed E-state index contributed by atoms with van der Waals surface area (Å²) in [5, 5.41) is 0. The second-order valence-corrected chi connectivity index (χ2v) is 5.12. The minimum absolute atomic E-state index is 0.265. The van der Waals surface area contributed by atoms with Gasteiger partial charge in [-0.05, 0) is 36.3 Å². The lowest BCUT2D eigenvalue weighted by atomic mass is 9.76. The summed E-state index contributed by atoms with van der Waals surface area (Å²) in [6.45, 7) is 2.30. The van der Waals surface area contributed by atoms with Gasteiger partial charge in [0.2, 0.25) is 0 Å². The summed E-state index contributed by atoms with van der Waals surface area (Å²) in [7, 11) is 0. The molecule has 0 radical (unpaired) electrons. The van der Waals surface area contributed by atoms with Crippen LogP contribution in [0.15, 0.2) is 24.5 Å². The van der Waals surface area contributed by atoms with Crippen molar-refractivity contribution in [2.24, 2.45) is 17.7 Å². The maximum absolute atomic E-state index is 5.73. The summed E-state index contributed by atoms with van der Waals surface area (Å²) in [6, 6.07) is 4.36. The Morgan fingerprint density at radius 1 is 1.41 bits per heavy atom. The molecule has 1 fully saturated rings. The summed E-state index contributed by atoms with van der Waals surface area (Å²) in [4.78, 5) is 4.18. The fraction of sp³-hybridized carbons (Fsp3) is 0.643. The second-order valence-electron chi connectivity index (χ2n) is 5.12. The van der Waals surface area contributed by atoms with E-state index >= 15 is 0 Å². The van der Waals surface area contributed by atoms with Crippen LogP contribution >= 0.6 is 0 Å². The van der Waals surface area contributed by atoms with Crippen LogP contribution in [0.2, 0.25) is 0 Å². The summed E-state index contributed by atoms with van der Waals surface area (Å²) >= 11 is 0. The molecule has 94 valence electrons. The van der Waals surface area contributed by atoms with Crippen molar-refractivity contribution in [2.75, 3.05) is 0 Å². The van der Waals surface area contributed by atoms with Crippen molar-refractivity contribution in [3.8, 4) is 0 Å². The molecule has 1 atom stereocenters. The number of hydrazine groups is 1. The third-order valence-electron chi connectivity index (χ3n) is 4.16. The van der Waals surface area contributed by atoms with Crippen LogP contribution in [0.3, 0.4) is 0 Å². The highest BCUT2D eigenvalue weighted by Gasteiger charge is 2.27. The molecule has 2 rings (SSSR count). The van der Waals surface area contributed by atoms with Crippen LogP contribution in [0, 0.1) is 11.8 Å². The number of pyridine rings is 1. The number of hydrogen-bond acceptors (Lipinski definition) is 3. The Balaban J connectivity index is 2.00. The van der Waals surface area contributed by atoms with Crippen molar-refractivity contribution in [1.29, 1.82) is 0 Å². The molecule has 1 aromatic heterocycles. The van der Waals surface area contributed by atoms with Gasteiger partial charge in [0.15, 0.2) is 0 Å². The molecule has 1 heterocycles. The first kappa shape index (κ1) is 12.5. The third-order valence-corrected chi connectivity index (χ3v) is 4.16. The predicted molar refractivity (Wildman–Crippen MR) is 70.0 cm³/mol. The molecule has 3 heteroatoms. The zero-order valence-corrected chi connectivity index (χ0v) is 10.6. The fourth-order valence-electron chi connectivity index (χ4n) is 2.99. The molecule has 3 nitrogen and oxygen atoms in total. The molecule has 0 spiro atoms. The molecule has 1 aliphatic carbocycles. The maximum atomic E-state index is 5.73. The Kier molecular flexibility index (Phi) is 4.51. The molecule has 0 saturated heterocycles. The lowest BCUT2D eigenvalue weighted by Gasteiger charge is -2.33. The van der Waals surface area contributed by atoms with E-state index in [-0.39, 0.29) is 6.04 Å². The Labute approximate surface area is 104 Å². The molecular formula is C14H23N3. The van der Waals surface area contributed by atoms with Gasteiger partial charge >= 0.3 is 0 Å². The lowest BCUT2D eigenvalue weighted by Crippen LogP contribution is -2.35. The van der Waals surface area contributed by atoms with Gasteiger partial charge in [-0.2, -0.15) is 0 Å². The largest absolute Gasteiger partial charge is 0.271 e. The van der Waals surface area contributed by atoms with Crippen LogP contribution in [0.4, 0.5) is 0 Å². The van der Waals surface area contributed by atoms with Gasteiger partial charge in [-0.1, -0.05) is 32.3 Å². The van der Waals surface area contributed by atoms with E-state index in [1.165, 1.54) is 37.7 Å². The van der Waals surface area contributed by atoms with E-state index in [4.69, 9.17) is 5.84 Å². The second kappa shape index (κ2) is 6.12. The van der Waals surface area contributed by atoms with Crippen LogP contribution in [-0.4, -0.2) is 4.98 Å². The van der Waals surface area contributed by atoms with E-state index in [1.807, 2.05) is 18.5 Å². The van der Waals surface area contributed by atoms with Crippen LogP contribution < -0.4 is 11.3 Å². The van der Waals surface area contributed by atoms with Crippen molar-refractivity contribution >= 4 is 0 Å². The smallest absolute Gasteiger partial charge is 0.0503 e.